The molecule has 0 aliphatic heterocycles. The number of ether oxygens (including phenoxy) is 1. The number of nitrogen functional groups attached to an aromatic ring is 1. The second kappa shape index (κ2) is 6.79. The maximum Gasteiger partial charge on any atom is 0.239 e. The van der Waals surface area contributed by atoms with E-state index in [9.17, 15) is 0 Å². The molecule has 0 spiro atoms. The third-order valence-electron chi connectivity index (χ3n) is 3.45. The molecule has 20 heavy (non-hydrogen) atoms. The summed E-state index contributed by atoms with van der Waals surface area (Å²) in [6.45, 7) is 3.94. The lowest BCUT2D eigenvalue weighted by molar-refractivity contribution is 0.290. The van der Waals surface area contributed by atoms with Gasteiger partial charge in [0.15, 0.2) is 0 Å². The fourth-order valence-corrected chi connectivity index (χ4v) is 1.90. The molecule has 1 atom stereocenters. The van der Waals surface area contributed by atoms with Gasteiger partial charge in [-0.25, -0.2) is 0 Å². The summed E-state index contributed by atoms with van der Waals surface area (Å²) in [6.07, 6.45) is 3.59. The highest BCUT2D eigenvalue weighted by Gasteiger charge is 2.22. The summed E-state index contributed by atoms with van der Waals surface area (Å²) in [7, 11) is 4.16. The fourth-order valence-electron chi connectivity index (χ4n) is 1.90. The van der Waals surface area contributed by atoms with E-state index >= 15 is 0 Å². The highest BCUT2D eigenvalue weighted by atomic mass is 16.5. The molecule has 1 saturated carbocycles. The molecule has 1 unspecified atom stereocenters. The van der Waals surface area contributed by atoms with E-state index in [1.807, 2.05) is 12.1 Å². The number of aromatic nitrogens is 1. The largest absolute Gasteiger partial charge is 0.476 e. The summed E-state index contributed by atoms with van der Waals surface area (Å²) in [5, 5.41) is 3.39. The van der Waals surface area contributed by atoms with E-state index in [1.165, 1.54) is 12.8 Å². The zero-order valence-corrected chi connectivity index (χ0v) is 12.7. The second-order valence-corrected chi connectivity index (χ2v) is 5.98. The van der Waals surface area contributed by atoms with Crippen molar-refractivity contribution in [3.63, 3.8) is 0 Å². The topological polar surface area (TPSA) is 63.4 Å². The number of hydrogen-bond acceptors (Lipinski definition) is 5. The zero-order chi connectivity index (χ0) is 14.5. The van der Waals surface area contributed by atoms with Crippen LogP contribution in [0.15, 0.2) is 12.1 Å². The third-order valence-corrected chi connectivity index (χ3v) is 3.45. The van der Waals surface area contributed by atoms with E-state index in [2.05, 4.69) is 36.2 Å². The van der Waals surface area contributed by atoms with Crippen molar-refractivity contribution < 1.29 is 4.74 Å². The van der Waals surface area contributed by atoms with Crippen molar-refractivity contribution >= 4 is 11.5 Å². The van der Waals surface area contributed by atoms with Crippen LogP contribution in [0.25, 0.3) is 0 Å². The third kappa shape index (κ3) is 4.89. The minimum Gasteiger partial charge on any atom is -0.476 e. The second-order valence-electron chi connectivity index (χ2n) is 5.98. The van der Waals surface area contributed by atoms with Gasteiger partial charge in [0.2, 0.25) is 5.88 Å². The summed E-state index contributed by atoms with van der Waals surface area (Å²) in [5.41, 5.74) is 6.51. The van der Waals surface area contributed by atoms with Gasteiger partial charge in [0, 0.05) is 6.04 Å². The predicted molar refractivity (Wildman–Crippen MR) is 83.1 cm³/mol. The van der Waals surface area contributed by atoms with Gasteiger partial charge in [-0.15, -0.1) is 0 Å². The van der Waals surface area contributed by atoms with Crippen molar-refractivity contribution in [2.24, 2.45) is 5.92 Å². The van der Waals surface area contributed by atoms with Crippen LogP contribution in [0, 0.1) is 5.92 Å². The molecular weight excluding hydrogens is 252 g/mol. The Labute approximate surface area is 121 Å². The highest BCUT2D eigenvalue weighted by Crippen LogP contribution is 2.30. The van der Waals surface area contributed by atoms with Gasteiger partial charge in [-0.05, 0) is 64.9 Å². The van der Waals surface area contributed by atoms with Gasteiger partial charge in [0.1, 0.15) is 5.82 Å². The normalized spacial score (nSPS) is 16.2. The molecule has 1 aromatic heterocycles. The zero-order valence-electron chi connectivity index (χ0n) is 12.7. The molecule has 0 aromatic carbocycles. The Hall–Kier alpha value is -1.49. The van der Waals surface area contributed by atoms with Gasteiger partial charge < -0.3 is 20.7 Å². The Bertz CT molecular complexity index is 432. The first-order valence-electron chi connectivity index (χ1n) is 7.35. The van der Waals surface area contributed by atoms with Gasteiger partial charge in [0.05, 0.1) is 12.3 Å². The number of pyridine rings is 1. The first-order valence-corrected chi connectivity index (χ1v) is 7.35. The Kier molecular flexibility index (Phi) is 5.06. The monoisotopic (exact) mass is 278 g/mol. The maximum atomic E-state index is 5.90. The van der Waals surface area contributed by atoms with E-state index in [0.717, 1.165) is 25.4 Å². The Morgan fingerprint density at radius 2 is 2.20 bits per heavy atom. The SMILES string of the molecule is CC(CCN(C)C)Nc1ccc(N)c(OCC2CC2)n1. The van der Waals surface area contributed by atoms with Crippen LogP contribution in [0.1, 0.15) is 26.2 Å². The molecule has 3 N–H and O–H groups in total. The molecular formula is C15H26N4O. The molecule has 5 heteroatoms. The molecule has 1 fully saturated rings. The Morgan fingerprint density at radius 1 is 1.45 bits per heavy atom. The van der Waals surface area contributed by atoms with Crippen molar-refractivity contribution in [2.75, 3.05) is 38.3 Å². The van der Waals surface area contributed by atoms with Crippen molar-refractivity contribution in [3.8, 4) is 5.88 Å². The summed E-state index contributed by atoms with van der Waals surface area (Å²) < 4.78 is 5.70. The first-order chi connectivity index (χ1) is 9.54. The minimum absolute atomic E-state index is 0.366. The van der Waals surface area contributed by atoms with Crippen LogP contribution >= 0.6 is 0 Å². The van der Waals surface area contributed by atoms with Crippen molar-refractivity contribution in [1.82, 2.24) is 9.88 Å². The van der Waals surface area contributed by atoms with Gasteiger partial charge in [-0.2, -0.15) is 4.98 Å². The summed E-state index contributed by atoms with van der Waals surface area (Å²) in [4.78, 5) is 6.65. The van der Waals surface area contributed by atoms with Gasteiger partial charge in [0.25, 0.3) is 0 Å². The van der Waals surface area contributed by atoms with Crippen LogP contribution in [0.5, 0.6) is 5.88 Å². The number of nitrogens with one attached hydrogen (secondary N) is 1. The van der Waals surface area contributed by atoms with E-state index in [1.54, 1.807) is 0 Å². The first kappa shape index (κ1) is 14.9. The summed E-state index contributed by atoms with van der Waals surface area (Å²) in [5.74, 6) is 2.09. The Balaban J connectivity index is 1.88. The van der Waals surface area contributed by atoms with E-state index in [-0.39, 0.29) is 0 Å². The van der Waals surface area contributed by atoms with Crippen LogP contribution in [0.2, 0.25) is 0 Å². The lowest BCUT2D eigenvalue weighted by Gasteiger charge is -2.18. The molecule has 1 aliphatic rings. The molecule has 0 saturated heterocycles. The number of rotatable bonds is 8. The van der Waals surface area contributed by atoms with Crippen molar-refractivity contribution in [3.05, 3.63) is 12.1 Å². The van der Waals surface area contributed by atoms with Gasteiger partial charge in [-0.1, -0.05) is 0 Å². The molecule has 112 valence electrons. The molecule has 2 rings (SSSR count). The standard InChI is InChI=1S/C15H26N4O/c1-11(8-9-19(2)3)17-14-7-6-13(16)15(18-14)20-10-12-4-5-12/h6-7,11-12H,4-5,8-10,16H2,1-3H3,(H,17,18). The van der Waals surface area contributed by atoms with Gasteiger partial charge >= 0.3 is 0 Å². The molecule has 0 radical (unpaired) electrons. The molecule has 0 amide bonds. The number of nitrogens with zero attached hydrogens (tertiary/aromatic N) is 2. The average Bonchev–Trinajstić information content (AvgIpc) is 3.21. The lowest BCUT2D eigenvalue weighted by atomic mass is 10.2. The van der Waals surface area contributed by atoms with Crippen molar-refractivity contribution in [1.29, 1.82) is 0 Å². The minimum atomic E-state index is 0.366. The lowest BCUT2D eigenvalue weighted by Crippen LogP contribution is -2.23. The predicted octanol–water partition coefficient (Wildman–Crippen LogP) is 2.20. The van der Waals surface area contributed by atoms with Crippen LogP contribution in [-0.2, 0) is 0 Å². The van der Waals surface area contributed by atoms with Crippen LogP contribution in [0.3, 0.4) is 0 Å². The van der Waals surface area contributed by atoms with E-state index in [0.29, 0.717) is 23.5 Å². The summed E-state index contributed by atoms with van der Waals surface area (Å²) in [6, 6.07) is 4.13. The number of nitrogens with two attached hydrogens (primary N) is 1. The van der Waals surface area contributed by atoms with Crippen LogP contribution < -0.4 is 15.8 Å². The smallest absolute Gasteiger partial charge is 0.239 e. The summed E-state index contributed by atoms with van der Waals surface area (Å²) >= 11 is 0. The molecule has 0 bridgehead atoms. The number of anilines is 2. The molecule has 1 aliphatic carbocycles. The van der Waals surface area contributed by atoms with Gasteiger partial charge in [-0.3, -0.25) is 0 Å². The fraction of sp³-hybridized carbons (Fsp3) is 0.667. The van der Waals surface area contributed by atoms with Crippen molar-refractivity contribution in [2.45, 2.75) is 32.2 Å². The average molecular weight is 278 g/mol. The maximum absolute atomic E-state index is 5.90. The van der Waals surface area contributed by atoms with E-state index in [4.69, 9.17) is 10.5 Å². The molecule has 5 nitrogen and oxygen atoms in total. The van der Waals surface area contributed by atoms with Crippen LogP contribution in [-0.4, -0.2) is 43.2 Å². The van der Waals surface area contributed by atoms with Crippen LogP contribution in [0.4, 0.5) is 11.5 Å². The Morgan fingerprint density at radius 3 is 2.85 bits per heavy atom. The highest BCUT2D eigenvalue weighted by molar-refractivity contribution is 5.53. The quantitative estimate of drug-likeness (QED) is 0.763. The molecule has 1 aromatic rings. The van der Waals surface area contributed by atoms with E-state index < -0.39 is 0 Å². The number of hydrogen-bond donors (Lipinski definition) is 2. The molecule has 1 heterocycles.